The molecule has 1 fully saturated rings. The van der Waals surface area contributed by atoms with E-state index in [4.69, 9.17) is 9.47 Å². The van der Waals surface area contributed by atoms with Gasteiger partial charge >= 0.3 is 6.01 Å². The van der Waals surface area contributed by atoms with Gasteiger partial charge in [-0.1, -0.05) is 0 Å². The molecule has 1 N–H and O–H groups in total. The number of fused-ring (bicyclic) bond motifs is 1. The normalized spacial score (nSPS) is 19.8. The standard InChI is InChI=1S/C13H18N4O2/c1-8-11-9(10-6-14-4-5-19-10)7-17(2)12(11)16-13(15-8)18-3/h7,10,14H,4-6H2,1-3H3. The molecule has 102 valence electrons. The number of nitrogens with one attached hydrogen (secondary N) is 1. The minimum absolute atomic E-state index is 0.0631. The summed E-state index contributed by atoms with van der Waals surface area (Å²) in [6.07, 6.45) is 2.14. The molecule has 1 aliphatic rings. The highest BCUT2D eigenvalue weighted by atomic mass is 16.5. The van der Waals surface area contributed by atoms with E-state index in [-0.39, 0.29) is 6.10 Å². The summed E-state index contributed by atoms with van der Waals surface area (Å²) in [5.74, 6) is 0. The maximum Gasteiger partial charge on any atom is 0.318 e. The van der Waals surface area contributed by atoms with Crippen LogP contribution in [0.15, 0.2) is 6.20 Å². The predicted molar refractivity (Wildman–Crippen MR) is 71.4 cm³/mol. The van der Waals surface area contributed by atoms with Crippen molar-refractivity contribution in [2.45, 2.75) is 13.0 Å². The second-order valence-electron chi connectivity index (χ2n) is 4.75. The summed E-state index contributed by atoms with van der Waals surface area (Å²) in [5.41, 5.74) is 2.95. The molecule has 0 amide bonds. The van der Waals surface area contributed by atoms with Crippen LogP contribution in [0.2, 0.25) is 0 Å². The van der Waals surface area contributed by atoms with E-state index in [9.17, 15) is 0 Å². The van der Waals surface area contributed by atoms with Gasteiger partial charge in [0.15, 0.2) is 0 Å². The van der Waals surface area contributed by atoms with Crippen molar-refractivity contribution in [2.75, 3.05) is 26.8 Å². The first kappa shape index (κ1) is 12.4. The highest BCUT2D eigenvalue weighted by Gasteiger charge is 2.23. The summed E-state index contributed by atoms with van der Waals surface area (Å²) in [6.45, 7) is 4.44. The van der Waals surface area contributed by atoms with Crippen LogP contribution in [-0.4, -0.2) is 41.3 Å². The van der Waals surface area contributed by atoms with Gasteiger partial charge in [0.2, 0.25) is 0 Å². The number of rotatable bonds is 2. The van der Waals surface area contributed by atoms with Crippen LogP contribution in [0.1, 0.15) is 17.4 Å². The summed E-state index contributed by atoms with van der Waals surface area (Å²) >= 11 is 0. The summed E-state index contributed by atoms with van der Waals surface area (Å²) in [6, 6.07) is 0.403. The van der Waals surface area contributed by atoms with E-state index in [0.717, 1.165) is 42.0 Å². The van der Waals surface area contributed by atoms with E-state index >= 15 is 0 Å². The molecule has 6 nitrogen and oxygen atoms in total. The third-order valence-corrected chi connectivity index (χ3v) is 3.46. The number of morpholine rings is 1. The fraction of sp³-hybridized carbons (Fsp3) is 0.538. The van der Waals surface area contributed by atoms with E-state index in [0.29, 0.717) is 6.01 Å². The second kappa shape index (κ2) is 4.79. The molecule has 0 aliphatic carbocycles. The Morgan fingerprint density at radius 2 is 2.32 bits per heavy atom. The first-order valence-electron chi connectivity index (χ1n) is 6.40. The number of methoxy groups -OCH3 is 1. The first-order chi connectivity index (χ1) is 9.20. The first-order valence-corrected chi connectivity index (χ1v) is 6.40. The molecule has 1 unspecified atom stereocenters. The Bertz CT molecular complexity index is 602. The summed E-state index contributed by atoms with van der Waals surface area (Å²) in [7, 11) is 3.56. The largest absolute Gasteiger partial charge is 0.467 e. The molecule has 0 saturated carbocycles. The van der Waals surface area contributed by atoms with Gasteiger partial charge in [0, 0.05) is 37.3 Å². The van der Waals surface area contributed by atoms with Gasteiger partial charge in [-0.2, -0.15) is 9.97 Å². The van der Waals surface area contributed by atoms with E-state index < -0.39 is 0 Å². The number of hydrogen-bond donors (Lipinski definition) is 1. The monoisotopic (exact) mass is 262 g/mol. The Balaban J connectivity index is 2.15. The van der Waals surface area contributed by atoms with Crippen molar-refractivity contribution in [3.63, 3.8) is 0 Å². The lowest BCUT2D eigenvalue weighted by Crippen LogP contribution is -2.33. The SMILES string of the molecule is COc1nc(C)c2c(C3CNCCO3)cn(C)c2n1. The highest BCUT2D eigenvalue weighted by molar-refractivity contribution is 5.83. The lowest BCUT2D eigenvalue weighted by molar-refractivity contribution is 0.0285. The second-order valence-corrected chi connectivity index (χ2v) is 4.75. The zero-order valence-electron chi connectivity index (χ0n) is 11.4. The van der Waals surface area contributed by atoms with Crippen molar-refractivity contribution >= 4 is 11.0 Å². The van der Waals surface area contributed by atoms with Crippen LogP contribution in [0.3, 0.4) is 0 Å². The summed E-state index contributed by atoms with van der Waals surface area (Å²) in [5, 5.41) is 4.42. The van der Waals surface area contributed by atoms with Crippen molar-refractivity contribution in [3.05, 3.63) is 17.5 Å². The van der Waals surface area contributed by atoms with Crippen molar-refractivity contribution in [3.8, 4) is 6.01 Å². The molecule has 3 rings (SSSR count). The molecule has 1 atom stereocenters. The molecular formula is C13H18N4O2. The van der Waals surface area contributed by atoms with Crippen molar-refractivity contribution in [1.29, 1.82) is 0 Å². The van der Waals surface area contributed by atoms with Crippen LogP contribution < -0.4 is 10.1 Å². The van der Waals surface area contributed by atoms with Crippen LogP contribution >= 0.6 is 0 Å². The van der Waals surface area contributed by atoms with E-state index in [1.54, 1.807) is 7.11 Å². The third-order valence-electron chi connectivity index (χ3n) is 3.46. The molecule has 2 aromatic heterocycles. The molecule has 1 aliphatic heterocycles. The molecule has 6 heteroatoms. The Morgan fingerprint density at radius 1 is 1.47 bits per heavy atom. The maximum absolute atomic E-state index is 5.83. The van der Waals surface area contributed by atoms with Gasteiger partial charge in [0.25, 0.3) is 0 Å². The van der Waals surface area contributed by atoms with Crippen LogP contribution in [0.5, 0.6) is 6.01 Å². The molecule has 0 radical (unpaired) electrons. The quantitative estimate of drug-likeness (QED) is 0.873. The van der Waals surface area contributed by atoms with E-state index in [1.165, 1.54) is 0 Å². The lowest BCUT2D eigenvalue weighted by Gasteiger charge is -2.23. The average molecular weight is 262 g/mol. The van der Waals surface area contributed by atoms with Crippen molar-refractivity contribution in [1.82, 2.24) is 19.9 Å². The topological polar surface area (TPSA) is 61.2 Å². The van der Waals surface area contributed by atoms with E-state index in [2.05, 4.69) is 21.5 Å². The Morgan fingerprint density at radius 3 is 3.00 bits per heavy atom. The number of ether oxygens (including phenoxy) is 2. The van der Waals surface area contributed by atoms with E-state index in [1.807, 2.05) is 18.5 Å². The minimum atomic E-state index is 0.0631. The Labute approximate surface area is 111 Å². The van der Waals surface area contributed by atoms with Crippen LogP contribution in [0.4, 0.5) is 0 Å². The van der Waals surface area contributed by atoms with Gasteiger partial charge in [-0.15, -0.1) is 0 Å². The number of aromatic nitrogens is 3. The van der Waals surface area contributed by atoms with Crippen LogP contribution in [0, 0.1) is 6.92 Å². The zero-order chi connectivity index (χ0) is 13.4. The molecule has 0 aromatic carbocycles. The third kappa shape index (κ3) is 2.06. The molecular weight excluding hydrogens is 244 g/mol. The molecule has 1 saturated heterocycles. The number of nitrogens with zero attached hydrogens (tertiary/aromatic N) is 3. The Kier molecular flexibility index (Phi) is 3.12. The van der Waals surface area contributed by atoms with Gasteiger partial charge in [0.05, 0.1) is 25.5 Å². The smallest absolute Gasteiger partial charge is 0.318 e. The molecule has 3 heterocycles. The van der Waals surface area contributed by atoms with Gasteiger partial charge in [-0.3, -0.25) is 0 Å². The highest BCUT2D eigenvalue weighted by Crippen LogP contribution is 2.30. The van der Waals surface area contributed by atoms with Gasteiger partial charge in [0.1, 0.15) is 5.65 Å². The predicted octanol–water partition coefficient (Wildman–Crippen LogP) is 0.946. The fourth-order valence-electron chi connectivity index (χ4n) is 2.56. The number of hydrogen-bond acceptors (Lipinski definition) is 5. The molecule has 0 spiro atoms. The lowest BCUT2D eigenvalue weighted by atomic mass is 10.1. The molecule has 0 bridgehead atoms. The fourth-order valence-corrected chi connectivity index (χ4v) is 2.56. The van der Waals surface area contributed by atoms with Gasteiger partial charge in [-0.25, -0.2) is 0 Å². The minimum Gasteiger partial charge on any atom is -0.467 e. The zero-order valence-corrected chi connectivity index (χ0v) is 11.4. The number of aryl methyl sites for hydroxylation is 2. The summed E-state index contributed by atoms with van der Waals surface area (Å²) in [4.78, 5) is 8.79. The van der Waals surface area contributed by atoms with Crippen LogP contribution in [0.25, 0.3) is 11.0 Å². The maximum atomic E-state index is 5.83. The summed E-state index contributed by atoms with van der Waals surface area (Å²) < 4.78 is 13.0. The van der Waals surface area contributed by atoms with Crippen molar-refractivity contribution < 1.29 is 9.47 Å². The van der Waals surface area contributed by atoms with Crippen molar-refractivity contribution in [2.24, 2.45) is 7.05 Å². The molecule has 2 aromatic rings. The molecule has 19 heavy (non-hydrogen) atoms. The van der Waals surface area contributed by atoms with Gasteiger partial charge in [-0.05, 0) is 6.92 Å². The van der Waals surface area contributed by atoms with Crippen LogP contribution in [-0.2, 0) is 11.8 Å². The van der Waals surface area contributed by atoms with Gasteiger partial charge < -0.3 is 19.4 Å². The Hall–Kier alpha value is -1.66. The average Bonchev–Trinajstić information content (AvgIpc) is 2.78.